The van der Waals surface area contributed by atoms with E-state index in [1.807, 2.05) is 70.6 Å². The monoisotopic (exact) mass is 736 g/mol. The zero-order valence-electron chi connectivity index (χ0n) is 36.4. The van der Waals surface area contributed by atoms with Crippen molar-refractivity contribution in [2.75, 3.05) is 16.5 Å². The molecule has 0 spiro atoms. The maximum absolute atomic E-state index is 9.25. The number of anilines is 4. The van der Waals surface area contributed by atoms with E-state index in [2.05, 4.69) is 107 Å². The predicted octanol–water partition coefficient (Wildman–Crippen LogP) is 13.7. The molecule has 1 aliphatic rings. The molecule has 6 heteroatoms. The van der Waals surface area contributed by atoms with Crippen LogP contribution in [0.2, 0.25) is 0 Å². The fourth-order valence-electron chi connectivity index (χ4n) is 7.96. The molecule has 56 heavy (non-hydrogen) atoms. The zero-order valence-corrected chi connectivity index (χ0v) is 32.4. The molecule has 0 unspecified atom stereocenters. The maximum atomic E-state index is 9.25. The quantitative estimate of drug-likeness (QED) is 0.176. The van der Waals surface area contributed by atoms with Crippen LogP contribution in [0.15, 0.2) is 150 Å². The van der Waals surface area contributed by atoms with E-state index in [4.69, 9.17) is 16.9 Å². The molecule has 10 rings (SSSR count). The number of rotatable bonds is 5. The standard InChI is InChI=1S/C50H44N4O2/c1-49(2,3)32-24-25-51-47(28-32)54-41-17-9-7-14-37(41)38-23-22-35(30-45(38)54)55-36-27-33(50(4,5)6)26-34(29-36)52-31-53(43-19-11-10-18-42(43)52)44-20-13-16-40-39-15-8-12-21-46(39)56-48(40)44/h7-30H,31H2,1-6H3/i10D,11D,18D,19D. The van der Waals surface area contributed by atoms with Gasteiger partial charge < -0.3 is 19.0 Å². The first-order valence-corrected chi connectivity index (χ1v) is 19.1. The summed E-state index contributed by atoms with van der Waals surface area (Å²) in [4.78, 5) is 8.76. The third-order valence-electron chi connectivity index (χ3n) is 10.9. The SMILES string of the molecule is [2H]c1c([2H])c([2H])c2c(c1[2H])N(c1cc(Oc3ccc4c5ccccc5n(-c5cc(C(C)(C)C)ccn5)c4c3)cc(C(C)(C)C)c1)CN2c1cccc2c1oc1ccccc12. The summed E-state index contributed by atoms with van der Waals surface area (Å²) < 4.78 is 51.4. The molecule has 0 amide bonds. The van der Waals surface area contributed by atoms with E-state index in [0.29, 0.717) is 34.1 Å². The first-order valence-electron chi connectivity index (χ1n) is 21.1. The fraction of sp³-hybridized carbons (Fsp3) is 0.180. The lowest BCUT2D eigenvalue weighted by atomic mass is 9.86. The Kier molecular flexibility index (Phi) is 6.65. The second-order valence-electron chi connectivity index (χ2n) is 16.7. The van der Waals surface area contributed by atoms with Crippen LogP contribution in [-0.4, -0.2) is 16.2 Å². The predicted molar refractivity (Wildman–Crippen MR) is 232 cm³/mol. The van der Waals surface area contributed by atoms with Gasteiger partial charge in [0.05, 0.1) is 33.6 Å². The molecule has 0 fully saturated rings. The molecule has 3 aromatic heterocycles. The highest BCUT2D eigenvalue weighted by molar-refractivity contribution is 6.11. The molecule has 6 aromatic carbocycles. The lowest BCUT2D eigenvalue weighted by Crippen LogP contribution is -2.24. The largest absolute Gasteiger partial charge is 0.457 e. The molecular weight excluding hydrogens is 689 g/mol. The average molecular weight is 737 g/mol. The van der Waals surface area contributed by atoms with Gasteiger partial charge in [-0.2, -0.15) is 0 Å². The maximum Gasteiger partial charge on any atom is 0.159 e. The Morgan fingerprint density at radius 2 is 1.32 bits per heavy atom. The number of para-hydroxylation sites is 5. The van der Waals surface area contributed by atoms with Crippen molar-refractivity contribution in [3.8, 4) is 17.3 Å². The molecule has 0 saturated carbocycles. The van der Waals surface area contributed by atoms with E-state index in [-0.39, 0.29) is 41.7 Å². The molecule has 6 nitrogen and oxygen atoms in total. The number of hydrogen-bond donors (Lipinski definition) is 0. The number of pyridine rings is 1. The Morgan fingerprint density at radius 1 is 0.607 bits per heavy atom. The summed E-state index contributed by atoms with van der Waals surface area (Å²) in [6, 6.07) is 37.9. The van der Waals surface area contributed by atoms with Gasteiger partial charge in [-0.1, -0.05) is 102 Å². The first-order chi connectivity index (χ1) is 28.7. The molecule has 1 aliphatic heterocycles. The summed E-state index contributed by atoms with van der Waals surface area (Å²) in [5, 5.41) is 4.13. The van der Waals surface area contributed by atoms with Crippen LogP contribution >= 0.6 is 0 Å². The molecule has 0 atom stereocenters. The molecule has 0 radical (unpaired) electrons. The molecular formula is C50H44N4O2. The van der Waals surface area contributed by atoms with Crippen molar-refractivity contribution < 1.29 is 14.6 Å². The van der Waals surface area contributed by atoms with Crippen LogP contribution in [0.4, 0.5) is 22.7 Å². The Hall–Kier alpha value is -6.53. The van der Waals surface area contributed by atoms with Crippen molar-refractivity contribution >= 4 is 66.5 Å². The number of fused-ring (bicyclic) bond motifs is 7. The molecule has 0 saturated heterocycles. The van der Waals surface area contributed by atoms with Crippen molar-refractivity contribution in [1.29, 1.82) is 0 Å². The van der Waals surface area contributed by atoms with E-state index in [0.717, 1.165) is 55.2 Å². The molecule has 9 aromatic rings. The van der Waals surface area contributed by atoms with Gasteiger partial charge in [0.2, 0.25) is 0 Å². The van der Waals surface area contributed by atoms with Crippen molar-refractivity contribution in [2.24, 2.45) is 0 Å². The summed E-state index contributed by atoms with van der Waals surface area (Å²) >= 11 is 0. The normalized spacial score (nSPS) is 14.4. The van der Waals surface area contributed by atoms with Gasteiger partial charge >= 0.3 is 0 Å². The van der Waals surface area contributed by atoms with Crippen LogP contribution in [0.5, 0.6) is 11.5 Å². The number of nitrogens with zero attached hydrogens (tertiary/aromatic N) is 4. The first kappa shape index (κ1) is 29.8. The molecule has 4 heterocycles. The minimum atomic E-state index is -0.290. The summed E-state index contributed by atoms with van der Waals surface area (Å²) in [5.74, 6) is 2.09. The van der Waals surface area contributed by atoms with E-state index in [9.17, 15) is 2.74 Å². The van der Waals surface area contributed by atoms with Gasteiger partial charge in [0, 0.05) is 45.6 Å². The van der Waals surface area contributed by atoms with Crippen molar-refractivity contribution in [3.63, 3.8) is 0 Å². The lowest BCUT2D eigenvalue weighted by Gasteiger charge is -2.26. The van der Waals surface area contributed by atoms with Crippen LogP contribution in [0.3, 0.4) is 0 Å². The molecule has 276 valence electrons. The molecule has 0 bridgehead atoms. The fourth-order valence-corrected chi connectivity index (χ4v) is 7.96. The van der Waals surface area contributed by atoms with Crippen molar-refractivity contribution in [3.05, 3.63) is 157 Å². The van der Waals surface area contributed by atoms with Crippen LogP contribution in [0.1, 0.15) is 58.2 Å². The van der Waals surface area contributed by atoms with E-state index >= 15 is 0 Å². The van der Waals surface area contributed by atoms with E-state index in [1.165, 1.54) is 5.56 Å². The van der Waals surface area contributed by atoms with Gasteiger partial charge in [0.15, 0.2) is 5.58 Å². The van der Waals surface area contributed by atoms with Crippen LogP contribution in [-0.2, 0) is 10.8 Å². The summed E-state index contributed by atoms with van der Waals surface area (Å²) in [6.45, 7) is 13.3. The highest BCUT2D eigenvalue weighted by Gasteiger charge is 2.31. The van der Waals surface area contributed by atoms with Gasteiger partial charge in [-0.05, 0) is 88.6 Å². The third kappa shape index (κ3) is 5.59. The lowest BCUT2D eigenvalue weighted by molar-refractivity contribution is 0.479. The van der Waals surface area contributed by atoms with Gasteiger partial charge in [-0.25, -0.2) is 4.98 Å². The Labute approximate surface area is 332 Å². The van der Waals surface area contributed by atoms with Crippen LogP contribution in [0, 0.1) is 0 Å². The average Bonchev–Trinajstić information content (AvgIpc) is 3.92. The van der Waals surface area contributed by atoms with E-state index in [1.54, 1.807) is 0 Å². The minimum Gasteiger partial charge on any atom is -0.457 e. The minimum absolute atomic E-state index is 0.0527. The molecule has 0 N–H and O–H groups in total. The Bertz CT molecular complexity index is 3210. The number of furan rings is 1. The highest BCUT2D eigenvalue weighted by atomic mass is 16.5. The van der Waals surface area contributed by atoms with Crippen molar-refractivity contribution in [2.45, 2.75) is 52.4 Å². The second kappa shape index (κ2) is 12.5. The summed E-state index contributed by atoms with van der Waals surface area (Å²) in [7, 11) is 0. The Balaban J connectivity index is 1.12. The van der Waals surface area contributed by atoms with E-state index < -0.39 is 0 Å². The number of hydrogen-bond acceptors (Lipinski definition) is 5. The summed E-state index contributed by atoms with van der Waals surface area (Å²) in [5.41, 5.74) is 7.52. The number of ether oxygens (including phenoxy) is 1. The van der Waals surface area contributed by atoms with Crippen LogP contribution in [0.25, 0.3) is 49.6 Å². The number of aromatic nitrogens is 2. The van der Waals surface area contributed by atoms with Gasteiger partial charge in [-0.15, -0.1) is 0 Å². The van der Waals surface area contributed by atoms with Gasteiger partial charge in [0.1, 0.15) is 29.6 Å². The smallest absolute Gasteiger partial charge is 0.159 e. The second-order valence-corrected chi connectivity index (χ2v) is 16.7. The molecule has 0 aliphatic carbocycles. The summed E-state index contributed by atoms with van der Waals surface area (Å²) in [6.07, 6.45) is 1.88. The topological polar surface area (TPSA) is 46.7 Å². The van der Waals surface area contributed by atoms with Gasteiger partial charge in [-0.3, -0.25) is 4.57 Å². The van der Waals surface area contributed by atoms with Gasteiger partial charge in [0.25, 0.3) is 0 Å². The highest BCUT2D eigenvalue weighted by Crippen LogP contribution is 2.48. The van der Waals surface area contributed by atoms with Crippen molar-refractivity contribution in [1.82, 2.24) is 9.55 Å². The zero-order chi connectivity index (χ0) is 41.8. The number of benzene rings is 6. The Morgan fingerprint density at radius 3 is 2.12 bits per heavy atom. The third-order valence-corrected chi connectivity index (χ3v) is 10.9. The van der Waals surface area contributed by atoms with Crippen LogP contribution < -0.4 is 14.5 Å².